The molecule has 0 aromatic heterocycles. The van der Waals surface area contributed by atoms with Crippen molar-refractivity contribution in [3.05, 3.63) is 0 Å². The molecule has 0 amide bonds. The van der Waals surface area contributed by atoms with E-state index in [1.54, 1.807) is 0 Å². The largest absolute Gasteiger partial charge is 2.00 e. The van der Waals surface area contributed by atoms with E-state index in [1.165, 1.54) is 14.2 Å². The molecule has 0 rings (SSSR count). The molecule has 0 radical (unpaired) electrons. The molecular weight excluding hydrogens is 262 g/mol. The van der Waals surface area contributed by atoms with E-state index in [-0.39, 0.29) is 37.7 Å². The van der Waals surface area contributed by atoms with E-state index in [9.17, 15) is 9.79 Å². The molecular formula is C8H20CaO4P2. The van der Waals surface area contributed by atoms with E-state index in [0.29, 0.717) is 12.3 Å². The Morgan fingerprint density at radius 3 is 1.20 bits per heavy atom. The molecule has 0 heterocycles. The zero-order valence-corrected chi connectivity index (χ0v) is 14.1. The van der Waals surface area contributed by atoms with Gasteiger partial charge in [0.15, 0.2) is 0 Å². The third-order valence-corrected chi connectivity index (χ3v) is 3.66. The van der Waals surface area contributed by atoms with Gasteiger partial charge >= 0.3 is 37.7 Å². The van der Waals surface area contributed by atoms with Crippen LogP contribution in [0.5, 0.6) is 0 Å². The summed E-state index contributed by atoms with van der Waals surface area (Å²) in [7, 11) is 0.276. The van der Waals surface area contributed by atoms with E-state index in [4.69, 9.17) is 0 Å². The summed E-state index contributed by atoms with van der Waals surface area (Å²) in [6, 6.07) is 0. The van der Waals surface area contributed by atoms with Gasteiger partial charge in [-0.3, -0.25) is 0 Å². The van der Waals surface area contributed by atoms with Gasteiger partial charge in [-0.05, 0) is 12.3 Å². The van der Waals surface area contributed by atoms with Gasteiger partial charge in [0.1, 0.15) is 0 Å². The normalized spacial score (nSPS) is 13.2. The van der Waals surface area contributed by atoms with Crippen LogP contribution in [0, 0.1) is 0 Å². The van der Waals surface area contributed by atoms with E-state index in [2.05, 4.69) is 9.05 Å². The molecule has 0 aliphatic carbocycles. The molecule has 2 atom stereocenters. The molecule has 88 valence electrons. The van der Waals surface area contributed by atoms with E-state index < -0.39 is 16.8 Å². The van der Waals surface area contributed by atoms with Crippen molar-refractivity contribution >= 4 is 54.5 Å². The van der Waals surface area contributed by atoms with Gasteiger partial charge in [0.05, 0.1) is 0 Å². The molecule has 0 bridgehead atoms. The zero-order valence-electron chi connectivity index (χ0n) is 10.1. The molecule has 0 spiro atoms. The summed E-state index contributed by atoms with van der Waals surface area (Å²) >= 11 is 0. The Morgan fingerprint density at radius 1 is 0.867 bits per heavy atom. The van der Waals surface area contributed by atoms with Gasteiger partial charge < -0.3 is 18.8 Å². The van der Waals surface area contributed by atoms with Crippen molar-refractivity contribution in [3.63, 3.8) is 0 Å². The predicted octanol–water partition coefficient (Wildman–Crippen LogP) is 1.05. The van der Waals surface area contributed by atoms with E-state index >= 15 is 0 Å². The first-order valence-electron chi connectivity index (χ1n) is 4.59. The zero-order chi connectivity index (χ0) is 11.4. The van der Waals surface area contributed by atoms with E-state index in [1.807, 2.05) is 13.8 Å². The molecule has 0 saturated heterocycles. The molecule has 0 aromatic carbocycles. The minimum absolute atomic E-state index is 0. The summed E-state index contributed by atoms with van der Waals surface area (Å²) in [5.74, 6) is 0. The van der Waals surface area contributed by atoms with Crippen LogP contribution in [0.25, 0.3) is 0 Å². The van der Waals surface area contributed by atoms with Crippen LogP contribution in [0.2, 0.25) is 0 Å². The van der Waals surface area contributed by atoms with Crippen molar-refractivity contribution in [2.24, 2.45) is 0 Å². The van der Waals surface area contributed by atoms with Crippen molar-refractivity contribution < 1.29 is 18.8 Å². The van der Waals surface area contributed by atoms with Crippen LogP contribution in [-0.2, 0) is 9.05 Å². The first-order chi connectivity index (χ1) is 6.62. The third kappa shape index (κ3) is 21.7. The average Bonchev–Trinajstić information content (AvgIpc) is 2.19. The van der Waals surface area contributed by atoms with Crippen LogP contribution in [0.1, 0.15) is 26.7 Å². The Hall–Kier alpha value is 1.96. The molecule has 15 heavy (non-hydrogen) atoms. The Morgan fingerprint density at radius 2 is 1.13 bits per heavy atom. The molecule has 0 fully saturated rings. The van der Waals surface area contributed by atoms with Crippen molar-refractivity contribution in [2.45, 2.75) is 26.7 Å². The SMILES string of the molecule is CCCP([O-])OC.CCCP([O-])OC.[Ca+2]. The monoisotopic (exact) mass is 282 g/mol. The molecule has 0 N–H and O–H groups in total. The van der Waals surface area contributed by atoms with Gasteiger partial charge in [-0.25, -0.2) is 0 Å². The first kappa shape index (κ1) is 22.2. The van der Waals surface area contributed by atoms with Crippen molar-refractivity contribution in [3.8, 4) is 0 Å². The molecule has 2 unspecified atom stereocenters. The summed E-state index contributed by atoms with van der Waals surface area (Å²) in [6.07, 6.45) is 3.24. The van der Waals surface area contributed by atoms with Gasteiger partial charge in [0, 0.05) is 14.2 Å². The standard InChI is InChI=1S/2C4H10O2P.Ca/c2*1-3-4-7(5)6-2;/h2*3-4H2,1-2H3;/q2*-1;+2. The topological polar surface area (TPSA) is 64.6 Å². The van der Waals surface area contributed by atoms with Gasteiger partial charge in [0.25, 0.3) is 0 Å². The molecule has 0 aliphatic rings. The van der Waals surface area contributed by atoms with Crippen LogP contribution in [0.4, 0.5) is 0 Å². The van der Waals surface area contributed by atoms with Crippen LogP contribution in [-0.4, -0.2) is 64.3 Å². The maximum Gasteiger partial charge on any atom is 2.00 e. The fourth-order valence-corrected chi connectivity index (χ4v) is 1.64. The fourth-order valence-electron chi connectivity index (χ4n) is 0.548. The predicted molar refractivity (Wildman–Crippen MR) is 63.9 cm³/mol. The van der Waals surface area contributed by atoms with Crippen LogP contribution >= 0.6 is 16.8 Å². The average molecular weight is 282 g/mol. The van der Waals surface area contributed by atoms with Gasteiger partial charge in [0.2, 0.25) is 0 Å². The van der Waals surface area contributed by atoms with E-state index in [0.717, 1.165) is 12.8 Å². The number of rotatable bonds is 6. The van der Waals surface area contributed by atoms with Crippen LogP contribution in [0.15, 0.2) is 0 Å². The molecule has 0 aliphatic heterocycles. The molecule has 0 saturated carbocycles. The second-order valence-electron chi connectivity index (χ2n) is 2.48. The molecule has 0 aromatic rings. The summed E-state index contributed by atoms with van der Waals surface area (Å²) in [5.41, 5.74) is 0. The Balaban J connectivity index is -0.000000180. The smallest absolute Gasteiger partial charge is 0.808 e. The van der Waals surface area contributed by atoms with Gasteiger partial charge in [-0.15, -0.1) is 0 Å². The third-order valence-electron chi connectivity index (χ3n) is 1.22. The van der Waals surface area contributed by atoms with Gasteiger partial charge in [-0.1, -0.05) is 43.4 Å². The summed E-state index contributed by atoms with van der Waals surface area (Å²) in [6.45, 7) is 3.96. The first-order valence-corrected chi connectivity index (χ1v) is 7.32. The minimum Gasteiger partial charge on any atom is -0.808 e. The van der Waals surface area contributed by atoms with Crippen molar-refractivity contribution in [2.75, 3.05) is 26.5 Å². The van der Waals surface area contributed by atoms with Crippen LogP contribution < -0.4 is 9.79 Å². The Labute approximate surface area is 126 Å². The van der Waals surface area contributed by atoms with Gasteiger partial charge in [-0.2, -0.15) is 0 Å². The van der Waals surface area contributed by atoms with Crippen molar-refractivity contribution in [1.82, 2.24) is 0 Å². The summed E-state index contributed by atoms with van der Waals surface area (Å²) < 4.78 is 9.00. The van der Waals surface area contributed by atoms with Crippen molar-refractivity contribution in [1.29, 1.82) is 0 Å². The second-order valence-corrected chi connectivity index (χ2v) is 5.43. The summed E-state index contributed by atoms with van der Waals surface area (Å²) in [4.78, 5) is 20.7. The number of hydrogen-bond donors (Lipinski definition) is 0. The number of hydrogen-bond acceptors (Lipinski definition) is 4. The molecule has 4 nitrogen and oxygen atoms in total. The minimum atomic E-state index is -1.33. The maximum absolute atomic E-state index is 10.3. The Bertz CT molecular complexity index is 98.6. The summed E-state index contributed by atoms with van der Waals surface area (Å²) in [5, 5.41) is 0. The second kappa shape index (κ2) is 18.3. The Kier molecular flexibility index (Phi) is 27.1. The molecule has 7 heteroatoms. The maximum atomic E-state index is 10.3. The fraction of sp³-hybridized carbons (Fsp3) is 1.00. The van der Waals surface area contributed by atoms with Crippen LogP contribution in [0.3, 0.4) is 0 Å². The quantitative estimate of drug-likeness (QED) is 0.539.